The molecule has 0 bridgehead atoms. The highest BCUT2D eigenvalue weighted by atomic mass is 16.6. The molecule has 0 aromatic carbocycles. The molecule has 0 saturated carbocycles. The van der Waals surface area contributed by atoms with E-state index >= 15 is 0 Å². The Labute approximate surface area is 358 Å². The molecule has 334 valence electrons. The van der Waals surface area contributed by atoms with Crippen LogP contribution in [0.1, 0.15) is 233 Å². The fraction of sp³-hybridized carbons (Fsp3) is 0.750. The van der Waals surface area contributed by atoms with E-state index in [4.69, 9.17) is 14.2 Å². The molecule has 0 fully saturated rings. The van der Waals surface area contributed by atoms with E-state index in [1.54, 1.807) is 0 Å². The van der Waals surface area contributed by atoms with Gasteiger partial charge in [-0.3, -0.25) is 14.4 Å². The van der Waals surface area contributed by atoms with Crippen molar-refractivity contribution in [3.8, 4) is 0 Å². The number of hydrogen-bond donors (Lipinski definition) is 0. The van der Waals surface area contributed by atoms with Crippen molar-refractivity contribution in [2.45, 2.75) is 239 Å². The van der Waals surface area contributed by atoms with E-state index in [9.17, 15) is 14.4 Å². The van der Waals surface area contributed by atoms with Crippen molar-refractivity contribution in [1.29, 1.82) is 0 Å². The molecule has 0 heterocycles. The van der Waals surface area contributed by atoms with Gasteiger partial charge in [0.2, 0.25) is 0 Å². The third-order valence-corrected chi connectivity index (χ3v) is 10.2. The second-order valence-corrected chi connectivity index (χ2v) is 16.0. The smallest absolute Gasteiger partial charge is 0.306 e. The van der Waals surface area contributed by atoms with Crippen LogP contribution in [-0.4, -0.2) is 37.2 Å². The van der Waals surface area contributed by atoms with E-state index in [1.165, 1.54) is 83.5 Å². The summed E-state index contributed by atoms with van der Waals surface area (Å²) in [6.07, 6.45) is 56.2. The van der Waals surface area contributed by atoms with E-state index in [0.29, 0.717) is 19.3 Å². The van der Waals surface area contributed by atoms with Crippen LogP contribution in [-0.2, 0) is 28.6 Å². The number of rotatable bonds is 43. The lowest BCUT2D eigenvalue weighted by Gasteiger charge is -2.18. The van der Waals surface area contributed by atoms with Crippen molar-refractivity contribution in [2.75, 3.05) is 13.2 Å². The van der Waals surface area contributed by atoms with Crippen LogP contribution in [0.5, 0.6) is 0 Å². The first kappa shape index (κ1) is 55.1. The molecule has 6 nitrogen and oxygen atoms in total. The van der Waals surface area contributed by atoms with E-state index in [-0.39, 0.29) is 31.1 Å². The van der Waals surface area contributed by atoms with Gasteiger partial charge in [0.25, 0.3) is 0 Å². The first-order chi connectivity index (χ1) is 28.5. The number of carbonyl (C=O) groups excluding carboxylic acids is 3. The highest BCUT2D eigenvalue weighted by molar-refractivity contribution is 5.71. The van der Waals surface area contributed by atoms with Gasteiger partial charge in [0.1, 0.15) is 13.2 Å². The molecule has 0 aliphatic heterocycles. The predicted molar refractivity (Wildman–Crippen MR) is 247 cm³/mol. The van der Waals surface area contributed by atoms with E-state index in [0.717, 1.165) is 109 Å². The Morgan fingerprint density at radius 3 is 1.02 bits per heavy atom. The monoisotopic (exact) mass is 811 g/mol. The summed E-state index contributed by atoms with van der Waals surface area (Å²) in [4.78, 5) is 37.8. The number of ether oxygens (including phenoxy) is 3. The molecule has 0 N–H and O–H groups in total. The lowest BCUT2D eigenvalue weighted by atomic mass is 10.1. The average Bonchev–Trinajstić information content (AvgIpc) is 3.22. The fourth-order valence-corrected chi connectivity index (χ4v) is 6.47. The maximum atomic E-state index is 12.7. The van der Waals surface area contributed by atoms with Crippen LogP contribution in [0.4, 0.5) is 0 Å². The van der Waals surface area contributed by atoms with Crippen LogP contribution in [0.25, 0.3) is 0 Å². The van der Waals surface area contributed by atoms with E-state index in [1.807, 2.05) is 0 Å². The van der Waals surface area contributed by atoms with Crippen LogP contribution < -0.4 is 0 Å². The lowest BCUT2D eigenvalue weighted by molar-refractivity contribution is -0.167. The molecular formula is C52H90O6. The normalized spacial score (nSPS) is 12.5. The Bertz CT molecular complexity index is 1070. The van der Waals surface area contributed by atoms with Crippen molar-refractivity contribution in [3.63, 3.8) is 0 Å². The third-order valence-electron chi connectivity index (χ3n) is 10.2. The number of allylic oxidation sites excluding steroid dienone is 10. The SMILES string of the molecule is CCCC/C=C\C/C=C\CCCCCCCC(=O)OCC(COC(=O)CCCCCCC/C=C\CCCCC)OC(=O)CCCCCCC/C=C\C/C=C\CCCC. The number of carbonyl (C=O) groups is 3. The zero-order valence-corrected chi connectivity index (χ0v) is 38.0. The Balaban J connectivity index is 4.44. The van der Waals surface area contributed by atoms with Gasteiger partial charge in [-0.1, -0.05) is 178 Å². The Kier molecular flexibility index (Phi) is 44.5. The standard InChI is InChI=1S/C52H90O6/c1-4-7-10-13-16-19-22-25-27-30-33-36-39-42-45-51(54)57-48-49(47-56-50(53)44-41-38-35-32-29-24-21-18-15-12-9-6-3)58-52(55)46-43-40-37-34-31-28-26-23-20-17-14-11-8-5-2/h13-14,16-18,21-23,25-26,49H,4-12,15,19-20,24,27-48H2,1-3H3/b16-13-,17-14-,21-18-,25-22-,26-23-. The lowest BCUT2D eigenvalue weighted by Crippen LogP contribution is -2.30. The Hall–Kier alpha value is -2.89. The van der Waals surface area contributed by atoms with Crippen LogP contribution in [0, 0.1) is 0 Å². The molecule has 1 atom stereocenters. The highest BCUT2D eigenvalue weighted by Gasteiger charge is 2.19. The maximum Gasteiger partial charge on any atom is 0.306 e. The van der Waals surface area contributed by atoms with Crippen LogP contribution >= 0.6 is 0 Å². The van der Waals surface area contributed by atoms with Gasteiger partial charge in [-0.25, -0.2) is 0 Å². The molecule has 0 aliphatic rings. The number of hydrogen-bond acceptors (Lipinski definition) is 6. The molecule has 0 saturated heterocycles. The molecule has 6 heteroatoms. The average molecular weight is 811 g/mol. The van der Waals surface area contributed by atoms with Crippen molar-refractivity contribution in [2.24, 2.45) is 0 Å². The van der Waals surface area contributed by atoms with Crippen LogP contribution in [0.15, 0.2) is 60.8 Å². The predicted octanol–water partition coefficient (Wildman–Crippen LogP) is 15.7. The molecule has 0 radical (unpaired) electrons. The first-order valence-electron chi connectivity index (χ1n) is 24.3. The Morgan fingerprint density at radius 1 is 0.345 bits per heavy atom. The molecule has 0 rings (SSSR count). The second kappa shape index (κ2) is 46.8. The summed E-state index contributed by atoms with van der Waals surface area (Å²) in [7, 11) is 0. The van der Waals surface area contributed by atoms with Crippen molar-refractivity contribution < 1.29 is 28.6 Å². The summed E-state index contributed by atoms with van der Waals surface area (Å²) in [5.74, 6) is -0.927. The molecule has 0 amide bonds. The summed E-state index contributed by atoms with van der Waals surface area (Å²) < 4.78 is 16.7. The Morgan fingerprint density at radius 2 is 0.638 bits per heavy atom. The molecule has 0 aromatic rings. The highest BCUT2D eigenvalue weighted by Crippen LogP contribution is 2.13. The largest absolute Gasteiger partial charge is 0.462 e. The van der Waals surface area contributed by atoms with Gasteiger partial charge in [0, 0.05) is 19.3 Å². The van der Waals surface area contributed by atoms with Gasteiger partial charge >= 0.3 is 17.9 Å². The molecule has 1 unspecified atom stereocenters. The van der Waals surface area contributed by atoms with E-state index < -0.39 is 6.10 Å². The molecular weight excluding hydrogens is 721 g/mol. The quantitative estimate of drug-likeness (QED) is 0.0264. The zero-order chi connectivity index (χ0) is 42.3. The maximum absolute atomic E-state index is 12.7. The summed E-state index contributed by atoms with van der Waals surface area (Å²) >= 11 is 0. The minimum Gasteiger partial charge on any atom is -0.462 e. The number of unbranched alkanes of at least 4 members (excludes halogenated alkanes) is 22. The minimum absolute atomic E-state index is 0.0892. The summed E-state index contributed by atoms with van der Waals surface area (Å²) in [6.45, 7) is 6.49. The fourth-order valence-electron chi connectivity index (χ4n) is 6.47. The molecule has 0 spiro atoms. The van der Waals surface area contributed by atoms with Gasteiger partial charge in [-0.15, -0.1) is 0 Å². The zero-order valence-electron chi connectivity index (χ0n) is 38.0. The summed E-state index contributed by atoms with van der Waals surface area (Å²) in [5, 5.41) is 0. The minimum atomic E-state index is -0.788. The van der Waals surface area contributed by atoms with Crippen LogP contribution in [0.2, 0.25) is 0 Å². The van der Waals surface area contributed by atoms with Gasteiger partial charge < -0.3 is 14.2 Å². The number of esters is 3. The summed E-state index contributed by atoms with van der Waals surface area (Å²) in [5.41, 5.74) is 0. The topological polar surface area (TPSA) is 78.9 Å². The van der Waals surface area contributed by atoms with E-state index in [2.05, 4.69) is 81.5 Å². The van der Waals surface area contributed by atoms with Crippen molar-refractivity contribution >= 4 is 17.9 Å². The van der Waals surface area contributed by atoms with Gasteiger partial charge in [-0.2, -0.15) is 0 Å². The van der Waals surface area contributed by atoms with Gasteiger partial charge in [-0.05, 0) is 96.3 Å². The summed E-state index contributed by atoms with van der Waals surface area (Å²) in [6, 6.07) is 0. The van der Waals surface area contributed by atoms with Crippen molar-refractivity contribution in [3.05, 3.63) is 60.8 Å². The third kappa shape index (κ3) is 44.2. The molecule has 0 aromatic heterocycles. The first-order valence-corrected chi connectivity index (χ1v) is 24.3. The van der Waals surface area contributed by atoms with Crippen molar-refractivity contribution in [1.82, 2.24) is 0 Å². The van der Waals surface area contributed by atoms with Crippen LogP contribution in [0.3, 0.4) is 0 Å². The second-order valence-electron chi connectivity index (χ2n) is 16.0. The van der Waals surface area contributed by atoms with Gasteiger partial charge in [0.05, 0.1) is 0 Å². The molecule has 0 aliphatic carbocycles. The molecule has 58 heavy (non-hydrogen) atoms. The van der Waals surface area contributed by atoms with Gasteiger partial charge in [0.15, 0.2) is 6.10 Å².